The van der Waals surface area contributed by atoms with Gasteiger partial charge in [-0.1, -0.05) is 18.2 Å². The molecule has 0 saturated heterocycles. The third kappa shape index (κ3) is 8.35. The number of carbonyl (C=O) groups is 4. The Morgan fingerprint density at radius 2 is 1.59 bits per heavy atom. The number of pyridine rings is 1. The third-order valence-corrected chi connectivity index (χ3v) is 6.91. The number of nitrogens with one attached hydrogen (secondary N) is 1. The van der Waals surface area contributed by atoms with Crippen LogP contribution >= 0.6 is 0 Å². The number of amides is 2. The quantitative estimate of drug-likeness (QED) is 0.158. The maximum Gasteiger partial charge on any atom is 0.416 e. The summed E-state index contributed by atoms with van der Waals surface area (Å²) in [6.07, 6.45) is -0.800. The molecule has 0 aliphatic rings. The van der Waals surface area contributed by atoms with Gasteiger partial charge in [0.25, 0.3) is 11.8 Å². The zero-order valence-electron chi connectivity index (χ0n) is 25.2. The number of alkyl halides is 3. The molecule has 12 heteroatoms. The summed E-state index contributed by atoms with van der Waals surface area (Å²) in [5.41, 5.74) is 1.53. The fraction of sp³-hybridized carbons (Fsp3) is 0.206. The molecule has 238 valence electrons. The van der Waals surface area contributed by atoms with Crippen molar-refractivity contribution >= 4 is 29.4 Å². The first kappa shape index (κ1) is 33.4. The maximum absolute atomic E-state index is 13.4. The lowest BCUT2D eigenvalue weighted by Crippen LogP contribution is -2.24. The summed E-state index contributed by atoms with van der Waals surface area (Å²) >= 11 is 0. The Morgan fingerprint density at radius 1 is 0.891 bits per heavy atom. The molecule has 0 fully saturated rings. The summed E-state index contributed by atoms with van der Waals surface area (Å²) < 4.78 is 49.1. The Balaban J connectivity index is 1.46. The lowest BCUT2D eigenvalue weighted by molar-refractivity contribution is -0.137. The first-order valence-corrected chi connectivity index (χ1v) is 14.0. The predicted molar refractivity (Wildman–Crippen MR) is 163 cm³/mol. The highest BCUT2D eigenvalue weighted by atomic mass is 19.4. The number of aryl methyl sites for hydroxylation is 1. The summed E-state index contributed by atoms with van der Waals surface area (Å²) in [6.45, 7) is 0. The average Bonchev–Trinajstić information content (AvgIpc) is 3.04. The van der Waals surface area contributed by atoms with E-state index in [1.54, 1.807) is 32.3 Å². The highest BCUT2D eigenvalue weighted by Crippen LogP contribution is 2.32. The zero-order chi connectivity index (χ0) is 33.4. The molecule has 46 heavy (non-hydrogen) atoms. The topological polar surface area (TPSA) is 115 Å². The number of rotatable bonds is 10. The van der Waals surface area contributed by atoms with Crippen molar-refractivity contribution < 1.29 is 41.8 Å². The monoisotopic (exact) mass is 633 g/mol. The molecule has 0 aliphatic carbocycles. The van der Waals surface area contributed by atoms with Gasteiger partial charge in [-0.3, -0.25) is 19.4 Å². The van der Waals surface area contributed by atoms with Gasteiger partial charge in [-0.15, -0.1) is 0 Å². The number of aromatic nitrogens is 1. The van der Waals surface area contributed by atoms with Crippen LogP contribution in [-0.2, 0) is 22.1 Å². The lowest BCUT2D eigenvalue weighted by Gasteiger charge is -2.17. The molecule has 4 aromatic rings. The molecule has 1 heterocycles. The van der Waals surface area contributed by atoms with Gasteiger partial charge in [0, 0.05) is 38.5 Å². The molecule has 0 unspecified atom stereocenters. The Morgan fingerprint density at radius 3 is 2.22 bits per heavy atom. The minimum atomic E-state index is -4.50. The molecule has 3 aromatic carbocycles. The van der Waals surface area contributed by atoms with Gasteiger partial charge < -0.3 is 19.7 Å². The van der Waals surface area contributed by atoms with Gasteiger partial charge in [-0.05, 0) is 78.6 Å². The lowest BCUT2D eigenvalue weighted by atomic mass is 9.99. The van der Waals surface area contributed by atoms with E-state index >= 15 is 0 Å². The first-order valence-electron chi connectivity index (χ1n) is 14.0. The second-order valence-electron chi connectivity index (χ2n) is 10.4. The van der Waals surface area contributed by atoms with E-state index in [4.69, 9.17) is 4.74 Å². The van der Waals surface area contributed by atoms with Crippen LogP contribution in [0.3, 0.4) is 0 Å². The second kappa shape index (κ2) is 14.5. The minimum absolute atomic E-state index is 0.0863. The van der Waals surface area contributed by atoms with E-state index in [1.807, 2.05) is 0 Å². The molecule has 0 spiro atoms. The molecule has 2 amide bonds. The van der Waals surface area contributed by atoms with Crippen LogP contribution in [-0.4, -0.2) is 54.8 Å². The molecule has 1 aromatic heterocycles. The SMILES string of the molecule is COC(=O)c1ccc(OC(=O)CCCc2ccc(NC(=O)c3ccncc3-c3ccc(C(F)(F)F)cc3)c(C(=O)N(C)C)c2)cc1. The Labute approximate surface area is 263 Å². The summed E-state index contributed by atoms with van der Waals surface area (Å²) in [7, 11) is 4.41. The average molecular weight is 634 g/mol. The highest BCUT2D eigenvalue weighted by Gasteiger charge is 2.30. The van der Waals surface area contributed by atoms with E-state index in [0.717, 1.165) is 17.7 Å². The molecule has 0 aliphatic heterocycles. The number of nitrogens with zero attached hydrogens (tertiary/aromatic N) is 2. The number of ether oxygens (including phenoxy) is 2. The van der Waals surface area contributed by atoms with Crippen molar-refractivity contribution in [2.45, 2.75) is 25.4 Å². The standard InChI is InChI=1S/C34H30F3N3O6/c1-40(2)32(43)27-19-21(5-4-6-30(41)46-25-14-10-23(11-15-25)33(44)45-3)7-16-29(27)39-31(42)26-17-18-38-20-28(26)22-8-12-24(13-9-22)34(35,36)37/h7-20H,4-6H2,1-3H3,(H,39,42). The molecule has 1 N–H and O–H groups in total. The number of carbonyl (C=O) groups excluding carboxylic acids is 4. The van der Waals surface area contributed by atoms with Crippen LogP contribution < -0.4 is 10.1 Å². The van der Waals surface area contributed by atoms with Gasteiger partial charge in [-0.2, -0.15) is 13.2 Å². The number of halogens is 3. The summed E-state index contributed by atoms with van der Waals surface area (Å²) in [6, 6.07) is 16.8. The van der Waals surface area contributed by atoms with Crippen molar-refractivity contribution in [1.29, 1.82) is 0 Å². The normalized spacial score (nSPS) is 11.0. The molecule has 0 saturated carbocycles. The van der Waals surface area contributed by atoms with Gasteiger partial charge in [-0.25, -0.2) is 4.79 Å². The molecular formula is C34H30F3N3O6. The van der Waals surface area contributed by atoms with Crippen LogP contribution in [0.25, 0.3) is 11.1 Å². The van der Waals surface area contributed by atoms with Crippen LogP contribution in [0.15, 0.2) is 85.2 Å². The van der Waals surface area contributed by atoms with Crippen LogP contribution in [0.1, 0.15) is 55.0 Å². The van der Waals surface area contributed by atoms with E-state index in [1.165, 1.54) is 66.9 Å². The Hall–Kier alpha value is -5.52. The van der Waals surface area contributed by atoms with Gasteiger partial charge in [0.15, 0.2) is 0 Å². The molecule has 0 radical (unpaired) electrons. The van der Waals surface area contributed by atoms with Gasteiger partial charge in [0.05, 0.1) is 35.1 Å². The van der Waals surface area contributed by atoms with Gasteiger partial charge >= 0.3 is 18.1 Å². The Kier molecular flexibility index (Phi) is 10.5. The van der Waals surface area contributed by atoms with Crippen molar-refractivity contribution in [1.82, 2.24) is 9.88 Å². The van der Waals surface area contributed by atoms with E-state index < -0.39 is 29.6 Å². The molecule has 0 bridgehead atoms. The fourth-order valence-electron chi connectivity index (χ4n) is 4.52. The van der Waals surface area contributed by atoms with Gasteiger partial charge in [0.2, 0.25) is 0 Å². The zero-order valence-corrected chi connectivity index (χ0v) is 25.2. The summed E-state index contributed by atoms with van der Waals surface area (Å²) in [5.74, 6) is -1.64. The van der Waals surface area contributed by atoms with E-state index in [0.29, 0.717) is 29.5 Å². The van der Waals surface area contributed by atoms with Crippen LogP contribution in [0, 0.1) is 0 Å². The number of esters is 2. The van der Waals surface area contributed by atoms with Crippen LogP contribution in [0.4, 0.5) is 18.9 Å². The van der Waals surface area contributed by atoms with Gasteiger partial charge in [0.1, 0.15) is 5.75 Å². The first-order chi connectivity index (χ1) is 21.9. The molecule has 0 atom stereocenters. The second-order valence-corrected chi connectivity index (χ2v) is 10.4. The minimum Gasteiger partial charge on any atom is -0.465 e. The fourth-order valence-corrected chi connectivity index (χ4v) is 4.52. The number of anilines is 1. The number of methoxy groups -OCH3 is 1. The molecular weight excluding hydrogens is 603 g/mol. The van der Waals surface area contributed by atoms with Crippen LogP contribution in [0.5, 0.6) is 5.75 Å². The predicted octanol–water partition coefficient (Wildman–Crippen LogP) is 6.44. The van der Waals surface area contributed by atoms with Crippen molar-refractivity contribution in [3.05, 3.63) is 113 Å². The molecule has 4 rings (SSSR count). The number of benzene rings is 3. The Bertz CT molecular complexity index is 1740. The summed E-state index contributed by atoms with van der Waals surface area (Å²) in [5, 5.41) is 2.75. The van der Waals surface area contributed by atoms with Crippen molar-refractivity contribution in [3.63, 3.8) is 0 Å². The van der Waals surface area contributed by atoms with E-state index in [-0.39, 0.29) is 34.9 Å². The van der Waals surface area contributed by atoms with E-state index in [9.17, 15) is 32.3 Å². The largest absolute Gasteiger partial charge is 0.465 e. The molecule has 9 nitrogen and oxygen atoms in total. The van der Waals surface area contributed by atoms with Crippen molar-refractivity contribution in [3.8, 4) is 16.9 Å². The summed E-state index contributed by atoms with van der Waals surface area (Å²) in [4.78, 5) is 55.8. The van der Waals surface area contributed by atoms with E-state index in [2.05, 4.69) is 15.0 Å². The number of hydrogen-bond donors (Lipinski definition) is 1. The van der Waals surface area contributed by atoms with Crippen molar-refractivity contribution in [2.24, 2.45) is 0 Å². The van der Waals surface area contributed by atoms with Crippen molar-refractivity contribution in [2.75, 3.05) is 26.5 Å². The van der Waals surface area contributed by atoms with Crippen LogP contribution in [0.2, 0.25) is 0 Å². The highest BCUT2D eigenvalue weighted by molar-refractivity contribution is 6.11. The smallest absolute Gasteiger partial charge is 0.416 e. The third-order valence-electron chi connectivity index (χ3n) is 6.91. The number of hydrogen-bond acceptors (Lipinski definition) is 7. The maximum atomic E-state index is 13.4.